The van der Waals surface area contributed by atoms with E-state index in [-0.39, 0.29) is 0 Å². The second kappa shape index (κ2) is 20.1. The molecule has 0 amide bonds. The van der Waals surface area contributed by atoms with Crippen LogP contribution in [0.1, 0.15) is 0 Å². The van der Waals surface area contributed by atoms with Gasteiger partial charge < -0.3 is 19.6 Å². The standard InChI is InChI=1S/C26H18Br4N2S4.C22H14Br4N2S6/c1-31(2)11-5-7-13-15(9-11)33-21(17(13)27)23-19(29)25-26(35-23)20(30)24(36-25)22-18(28)14-8-6-12(32(3)4)10-16(14)34-22;1-27(2)9-5-7-15(31-9)11(23)17(29-7)19-13(25)21-22(33-19)14(26)20(34-21)18-12(24)16-8(30-18)6-10(32-16)28(3)4/h5-10H,1-4H3;5-6H,1-4H3. The van der Waals surface area contributed by atoms with Crippen LogP contribution in [-0.4, -0.2) is 56.4 Å². The summed E-state index contributed by atoms with van der Waals surface area (Å²) in [4.78, 5) is 18.9. The van der Waals surface area contributed by atoms with Gasteiger partial charge in [-0.2, -0.15) is 0 Å². The third-order valence-corrected chi connectivity index (χ3v) is 34.7. The lowest BCUT2D eigenvalue weighted by molar-refractivity contribution is 1.14. The van der Waals surface area contributed by atoms with Crippen LogP contribution in [0.25, 0.3) is 96.8 Å². The first-order valence-corrected chi connectivity index (χ1v) is 35.2. The molecule has 0 saturated heterocycles. The van der Waals surface area contributed by atoms with E-state index in [2.05, 4.69) is 252 Å². The van der Waals surface area contributed by atoms with E-state index in [0.717, 1.165) is 0 Å². The SMILES string of the molecule is CN(C)c1cc2sc(-c3sc4c(Br)c(-c5sc6cc(N(C)C)sc6c5Br)sc4c3Br)c(Br)c2s1.CN(C)c1ccc2c(Br)c(-c3sc4c(Br)c(-c5sc6cc(N(C)C)ccc6c5Br)sc4c3Br)sc2c1. The van der Waals surface area contributed by atoms with Gasteiger partial charge in [-0.1, -0.05) is 12.1 Å². The van der Waals surface area contributed by atoms with Gasteiger partial charge >= 0.3 is 0 Å². The number of hydrogen-bond donors (Lipinski definition) is 0. The summed E-state index contributed by atoms with van der Waals surface area (Å²) >= 11 is 50.0. The second-order valence-corrected chi connectivity index (χ2v) is 33.5. The van der Waals surface area contributed by atoms with Crippen LogP contribution >= 0.6 is 241 Å². The highest BCUT2D eigenvalue weighted by atomic mass is 79.9. The maximum atomic E-state index is 3.98. The molecule has 0 aliphatic rings. The first kappa shape index (κ1) is 52.1. The van der Waals surface area contributed by atoms with Gasteiger partial charge in [0.15, 0.2) is 0 Å². The number of halogens is 8. The number of hydrogen-bond acceptors (Lipinski definition) is 14. The fourth-order valence-corrected chi connectivity index (χ4v) is 29.1. The molecule has 0 atom stereocenters. The zero-order chi connectivity index (χ0) is 49.5. The molecule has 4 nitrogen and oxygen atoms in total. The highest BCUT2D eigenvalue weighted by molar-refractivity contribution is 9.12. The Morgan fingerprint density at radius 1 is 0.271 bits per heavy atom. The highest BCUT2D eigenvalue weighted by Crippen LogP contribution is 2.61. The molecule has 0 radical (unpaired) electrons. The largest absolute Gasteiger partial charge is 0.378 e. The third kappa shape index (κ3) is 8.84. The van der Waals surface area contributed by atoms with Gasteiger partial charge in [0.2, 0.25) is 0 Å². The van der Waals surface area contributed by atoms with Crippen LogP contribution in [0.5, 0.6) is 0 Å². The molecule has 10 heterocycles. The lowest BCUT2D eigenvalue weighted by atomic mass is 10.2. The second-order valence-electron chi connectivity index (χ2n) is 16.8. The molecule has 0 bridgehead atoms. The molecule has 22 heteroatoms. The van der Waals surface area contributed by atoms with Gasteiger partial charge in [0, 0.05) is 106 Å². The van der Waals surface area contributed by atoms with Crippen molar-refractivity contribution in [2.24, 2.45) is 0 Å². The number of nitrogens with zero attached hydrogens (tertiary/aromatic N) is 4. The monoisotopic (exact) mass is 1620 g/mol. The molecule has 360 valence electrons. The minimum absolute atomic E-state index is 1.17. The van der Waals surface area contributed by atoms with E-state index in [4.69, 9.17) is 0 Å². The summed E-state index contributed by atoms with van der Waals surface area (Å²) in [5.74, 6) is 0. The molecule has 0 aliphatic carbocycles. The molecule has 0 N–H and O–H groups in total. The van der Waals surface area contributed by atoms with Crippen molar-refractivity contribution in [3.8, 4) is 39.0 Å². The van der Waals surface area contributed by atoms with Crippen molar-refractivity contribution in [1.82, 2.24) is 0 Å². The van der Waals surface area contributed by atoms with Gasteiger partial charge in [-0.3, -0.25) is 0 Å². The smallest absolute Gasteiger partial charge is 0.0924 e. The minimum Gasteiger partial charge on any atom is -0.378 e. The minimum atomic E-state index is 1.17. The maximum Gasteiger partial charge on any atom is 0.0924 e. The van der Waals surface area contributed by atoms with Gasteiger partial charge in [0.1, 0.15) is 0 Å². The molecule has 0 saturated carbocycles. The van der Waals surface area contributed by atoms with Gasteiger partial charge in [-0.15, -0.1) is 113 Å². The average molecular weight is 1620 g/mol. The van der Waals surface area contributed by atoms with Crippen LogP contribution in [-0.2, 0) is 0 Å². The van der Waals surface area contributed by atoms with Crippen LogP contribution in [0, 0.1) is 0 Å². The first-order valence-electron chi connectivity index (χ1n) is 20.7. The van der Waals surface area contributed by atoms with Crippen molar-refractivity contribution in [2.45, 2.75) is 0 Å². The van der Waals surface area contributed by atoms with Crippen molar-refractivity contribution < 1.29 is 0 Å². The lowest BCUT2D eigenvalue weighted by Crippen LogP contribution is -2.07. The predicted molar refractivity (Wildman–Crippen MR) is 357 cm³/mol. The molecule has 0 unspecified atom stereocenters. The van der Waals surface area contributed by atoms with Crippen molar-refractivity contribution in [3.63, 3.8) is 0 Å². The maximum absolute atomic E-state index is 3.98. The van der Waals surface area contributed by atoms with Gasteiger partial charge in [-0.25, -0.2) is 0 Å². The highest BCUT2D eigenvalue weighted by Gasteiger charge is 2.28. The van der Waals surface area contributed by atoms with Crippen LogP contribution in [0.2, 0.25) is 0 Å². The molecular formula is C48H32Br8N4S10. The van der Waals surface area contributed by atoms with E-state index >= 15 is 0 Å². The van der Waals surface area contributed by atoms with Crippen molar-refractivity contribution >= 4 is 320 Å². The summed E-state index contributed by atoms with van der Waals surface area (Å²) < 4.78 is 22.5. The number of anilines is 4. The van der Waals surface area contributed by atoms with Crippen molar-refractivity contribution in [2.75, 3.05) is 76.0 Å². The van der Waals surface area contributed by atoms with Crippen LogP contribution in [0.15, 0.2) is 84.3 Å². The van der Waals surface area contributed by atoms with Gasteiger partial charge in [0.05, 0.1) is 104 Å². The van der Waals surface area contributed by atoms with E-state index in [1.54, 1.807) is 0 Å². The topological polar surface area (TPSA) is 13.0 Å². The first-order chi connectivity index (χ1) is 33.3. The molecule has 10 aromatic heterocycles. The molecule has 2 aromatic carbocycles. The summed E-state index contributed by atoms with van der Waals surface area (Å²) in [6, 6.07) is 17.9. The molecule has 0 spiro atoms. The predicted octanol–water partition coefficient (Wildman–Crippen LogP) is 23.9. The molecular weight excluding hydrogens is 1590 g/mol. The molecule has 0 fully saturated rings. The van der Waals surface area contributed by atoms with E-state index in [1.807, 2.05) is 113 Å². The Labute approximate surface area is 511 Å². The third-order valence-electron chi connectivity index (χ3n) is 11.4. The number of thiophene rings is 10. The number of benzene rings is 2. The fourth-order valence-electron chi connectivity index (χ4n) is 7.73. The van der Waals surface area contributed by atoms with Gasteiger partial charge in [0.25, 0.3) is 0 Å². The number of fused-ring (bicyclic) bond motifs is 6. The van der Waals surface area contributed by atoms with Crippen molar-refractivity contribution in [3.05, 3.63) is 84.3 Å². The van der Waals surface area contributed by atoms with Crippen molar-refractivity contribution in [1.29, 1.82) is 0 Å². The Bertz CT molecular complexity index is 3790. The summed E-state index contributed by atoms with van der Waals surface area (Å²) in [7, 11) is 16.7. The lowest BCUT2D eigenvalue weighted by Gasteiger charge is -2.11. The van der Waals surface area contributed by atoms with E-state index < -0.39 is 0 Å². The summed E-state index contributed by atoms with van der Waals surface area (Å²) in [5, 5.41) is 5.09. The average Bonchev–Trinajstić information content (AvgIpc) is 4.21. The molecule has 12 rings (SSSR count). The summed E-state index contributed by atoms with van der Waals surface area (Å²) in [6.07, 6.45) is 0. The quantitative estimate of drug-likeness (QED) is 0.150. The summed E-state index contributed by atoms with van der Waals surface area (Å²) in [6.45, 7) is 0. The van der Waals surface area contributed by atoms with Crippen LogP contribution in [0.4, 0.5) is 21.4 Å². The Morgan fingerprint density at radius 3 is 0.829 bits per heavy atom. The molecule has 0 aliphatic heterocycles. The Balaban J connectivity index is 0.000000153. The van der Waals surface area contributed by atoms with Gasteiger partial charge in [-0.05, 0) is 164 Å². The fraction of sp³-hybridized carbons (Fsp3) is 0.167. The zero-order valence-electron chi connectivity index (χ0n) is 37.5. The van der Waals surface area contributed by atoms with E-state index in [9.17, 15) is 0 Å². The Hall–Kier alpha value is 0.0400. The van der Waals surface area contributed by atoms with Crippen LogP contribution < -0.4 is 19.6 Å². The molecule has 70 heavy (non-hydrogen) atoms. The van der Waals surface area contributed by atoms with Crippen LogP contribution in [0.3, 0.4) is 0 Å². The zero-order valence-corrected chi connectivity index (χ0v) is 58.4. The summed E-state index contributed by atoms with van der Waals surface area (Å²) in [5.41, 5.74) is 2.43. The Kier molecular flexibility index (Phi) is 15.0. The van der Waals surface area contributed by atoms with E-state index in [1.165, 1.54) is 154 Å². The van der Waals surface area contributed by atoms with E-state index in [0.29, 0.717) is 0 Å². The molecule has 12 aromatic rings. The normalized spacial score (nSPS) is 12.0. The number of rotatable bonds is 8. The Morgan fingerprint density at radius 2 is 0.543 bits per heavy atom.